The second-order valence-electron chi connectivity index (χ2n) is 7.38. The van der Waals surface area contributed by atoms with Gasteiger partial charge in [0.05, 0.1) is 13.2 Å². The molecule has 1 fully saturated rings. The number of hydrogen-bond donors (Lipinski definition) is 2. The summed E-state index contributed by atoms with van der Waals surface area (Å²) in [6, 6.07) is 6.00. The Labute approximate surface area is 173 Å². The van der Waals surface area contributed by atoms with Gasteiger partial charge in [0, 0.05) is 29.8 Å². The number of aliphatic hydroxyl groups is 1. The molecule has 0 bridgehead atoms. The summed E-state index contributed by atoms with van der Waals surface area (Å²) in [5, 5.41) is 22.2. The van der Waals surface area contributed by atoms with Gasteiger partial charge in [-0.25, -0.2) is 4.98 Å². The summed E-state index contributed by atoms with van der Waals surface area (Å²) in [5.41, 5.74) is 2.31. The van der Waals surface area contributed by atoms with E-state index in [0.29, 0.717) is 47.5 Å². The second-order valence-corrected chi connectivity index (χ2v) is 8.47. The summed E-state index contributed by atoms with van der Waals surface area (Å²) in [6.45, 7) is 6.65. The van der Waals surface area contributed by atoms with Crippen LogP contribution in [0.2, 0.25) is 0 Å². The summed E-state index contributed by atoms with van der Waals surface area (Å²) < 4.78 is 5.94. The van der Waals surface area contributed by atoms with Crippen LogP contribution in [0.25, 0.3) is 0 Å². The number of aromatic nitrogens is 5. The van der Waals surface area contributed by atoms with Crippen LogP contribution in [0.15, 0.2) is 24.4 Å². The highest BCUT2D eigenvalue weighted by Gasteiger charge is 2.40. The fourth-order valence-corrected chi connectivity index (χ4v) is 3.78. The number of nitrogens with zero attached hydrogens (tertiary/aromatic N) is 5. The highest BCUT2D eigenvalue weighted by Crippen LogP contribution is 2.46. The molecule has 0 amide bonds. The zero-order chi connectivity index (χ0) is 20.4. The van der Waals surface area contributed by atoms with Crippen molar-refractivity contribution in [2.75, 3.05) is 11.9 Å². The molecular weight excluding hydrogens is 388 g/mol. The molecule has 1 aliphatic rings. The lowest BCUT2D eigenvalue weighted by atomic mass is 10.2. The Hall–Kier alpha value is -2.65. The lowest BCUT2D eigenvalue weighted by Crippen LogP contribution is -2.07. The van der Waals surface area contributed by atoms with Crippen LogP contribution in [0, 0.1) is 19.8 Å². The Morgan fingerprint density at radius 3 is 2.86 bits per heavy atom. The van der Waals surface area contributed by atoms with Crippen LogP contribution in [-0.2, 0) is 6.54 Å². The highest BCUT2D eigenvalue weighted by atomic mass is 32.1. The summed E-state index contributed by atoms with van der Waals surface area (Å²) >= 11 is 1.37. The van der Waals surface area contributed by atoms with Gasteiger partial charge in [-0.15, -0.1) is 10.2 Å². The van der Waals surface area contributed by atoms with Gasteiger partial charge in [-0.3, -0.25) is 4.98 Å². The van der Waals surface area contributed by atoms with Crippen molar-refractivity contribution >= 4 is 17.2 Å². The molecule has 0 saturated heterocycles. The van der Waals surface area contributed by atoms with Gasteiger partial charge in [0.15, 0.2) is 0 Å². The van der Waals surface area contributed by atoms with Gasteiger partial charge in [0.25, 0.3) is 0 Å². The smallest absolute Gasteiger partial charge is 0.218 e. The highest BCUT2D eigenvalue weighted by molar-refractivity contribution is 7.11. The van der Waals surface area contributed by atoms with E-state index < -0.39 is 6.10 Å². The zero-order valence-electron chi connectivity index (χ0n) is 16.7. The van der Waals surface area contributed by atoms with Crippen molar-refractivity contribution in [2.24, 2.45) is 5.92 Å². The van der Waals surface area contributed by atoms with E-state index >= 15 is 0 Å². The molecule has 1 aliphatic carbocycles. The van der Waals surface area contributed by atoms with E-state index in [9.17, 15) is 5.11 Å². The average Bonchev–Trinajstić information content (AvgIpc) is 3.30. The van der Waals surface area contributed by atoms with E-state index in [1.165, 1.54) is 16.9 Å². The summed E-state index contributed by atoms with van der Waals surface area (Å²) in [5.74, 6) is 2.81. The van der Waals surface area contributed by atoms with Gasteiger partial charge in [-0.2, -0.15) is 4.98 Å². The maximum absolute atomic E-state index is 9.55. The van der Waals surface area contributed by atoms with E-state index in [-0.39, 0.29) is 0 Å². The molecule has 0 radical (unpaired) electrons. The number of aliphatic hydroxyl groups excluding tert-OH is 1. The standard InChI is InChI=1S/C20H24N6O2S/c1-11-4-5-16(21-8-11)15-6-14(15)10-28-18-7-17(23-13(3)24-18)22-9-19-25-26-20(29-19)12(2)27/h4-5,7-8,12,14-15,27H,6,9-10H2,1-3H3,(H,22,23,24). The molecule has 0 aliphatic heterocycles. The number of rotatable bonds is 8. The molecule has 0 spiro atoms. The van der Waals surface area contributed by atoms with Gasteiger partial charge in [-0.1, -0.05) is 17.4 Å². The number of ether oxygens (including phenoxy) is 1. The average molecular weight is 413 g/mol. The van der Waals surface area contributed by atoms with E-state index in [1.54, 1.807) is 13.0 Å². The number of anilines is 1. The largest absolute Gasteiger partial charge is 0.477 e. The second kappa shape index (κ2) is 8.38. The maximum Gasteiger partial charge on any atom is 0.218 e. The minimum atomic E-state index is -0.607. The molecule has 152 valence electrons. The van der Waals surface area contributed by atoms with Crippen molar-refractivity contribution in [3.05, 3.63) is 51.5 Å². The maximum atomic E-state index is 9.55. The lowest BCUT2D eigenvalue weighted by molar-refractivity contribution is 0.198. The van der Waals surface area contributed by atoms with Gasteiger partial charge in [0.1, 0.15) is 27.8 Å². The van der Waals surface area contributed by atoms with Crippen molar-refractivity contribution in [3.63, 3.8) is 0 Å². The molecule has 3 atom stereocenters. The molecule has 3 heterocycles. The molecular formula is C20H24N6O2S. The molecule has 1 saturated carbocycles. The Kier molecular flexibility index (Phi) is 5.68. The molecule has 4 rings (SSSR count). The molecule has 2 N–H and O–H groups in total. The molecule has 0 aromatic carbocycles. The predicted octanol–water partition coefficient (Wildman–Crippen LogP) is 3.19. The van der Waals surface area contributed by atoms with Crippen LogP contribution in [0.3, 0.4) is 0 Å². The predicted molar refractivity (Wildman–Crippen MR) is 110 cm³/mol. The topological polar surface area (TPSA) is 106 Å². The Balaban J connectivity index is 1.32. The van der Waals surface area contributed by atoms with Crippen LogP contribution in [-0.4, -0.2) is 36.9 Å². The van der Waals surface area contributed by atoms with Crippen molar-refractivity contribution in [1.29, 1.82) is 0 Å². The zero-order valence-corrected chi connectivity index (χ0v) is 17.5. The first-order valence-electron chi connectivity index (χ1n) is 9.63. The summed E-state index contributed by atoms with van der Waals surface area (Å²) in [4.78, 5) is 13.3. The van der Waals surface area contributed by atoms with Crippen molar-refractivity contribution in [1.82, 2.24) is 25.1 Å². The first kappa shape index (κ1) is 19.7. The molecule has 3 unspecified atom stereocenters. The van der Waals surface area contributed by atoms with Crippen LogP contribution in [0.4, 0.5) is 5.82 Å². The van der Waals surface area contributed by atoms with Gasteiger partial charge >= 0.3 is 0 Å². The van der Waals surface area contributed by atoms with Crippen LogP contribution in [0.5, 0.6) is 5.88 Å². The molecule has 8 nitrogen and oxygen atoms in total. The Morgan fingerprint density at radius 2 is 2.14 bits per heavy atom. The quantitative estimate of drug-likeness (QED) is 0.581. The van der Waals surface area contributed by atoms with Crippen molar-refractivity contribution in [3.8, 4) is 5.88 Å². The monoisotopic (exact) mass is 412 g/mol. The third-order valence-electron chi connectivity index (χ3n) is 4.76. The minimum absolute atomic E-state index is 0.469. The first-order chi connectivity index (χ1) is 14.0. The SMILES string of the molecule is Cc1ccc(C2CC2COc2cc(NCc3nnc(C(C)O)s3)nc(C)n2)nc1. The van der Waals surface area contributed by atoms with E-state index in [4.69, 9.17) is 4.74 Å². The van der Waals surface area contributed by atoms with Crippen LogP contribution >= 0.6 is 11.3 Å². The van der Waals surface area contributed by atoms with Crippen LogP contribution in [0.1, 0.15) is 52.5 Å². The van der Waals surface area contributed by atoms with Gasteiger partial charge in [-0.05, 0) is 38.8 Å². The number of aryl methyl sites for hydroxylation is 2. The minimum Gasteiger partial charge on any atom is -0.477 e. The van der Waals surface area contributed by atoms with Gasteiger partial charge in [0.2, 0.25) is 5.88 Å². The van der Waals surface area contributed by atoms with Crippen molar-refractivity contribution in [2.45, 2.75) is 45.8 Å². The normalized spacial score (nSPS) is 19.0. The number of nitrogens with one attached hydrogen (secondary N) is 1. The molecule has 3 aromatic heterocycles. The third kappa shape index (κ3) is 5.04. The number of pyridine rings is 1. The summed E-state index contributed by atoms with van der Waals surface area (Å²) in [6.07, 6.45) is 2.40. The number of hydrogen-bond acceptors (Lipinski definition) is 9. The molecule has 3 aromatic rings. The van der Waals surface area contributed by atoms with Gasteiger partial charge < -0.3 is 15.2 Å². The third-order valence-corrected chi connectivity index (χ3v) is 5.85. The van der Waals surface area contributed by atoms with E-state index in [2.05, 4.69) is 42.6 Å². The van der Waals surface area contributed by atoms with Crippen LogP contribution < -0.4 is 10.1 Å². The first-order valence-corrected chi connectivity index (χ1v) is 10.4. The fraction of sp³-hybridized carbons (Fsp3) is 0.450. The van der Waals surface area contributed by atoms with E-state index in [1.807, 2.05) is 20.0 Å². The van der Waals surface area contributed by atoms with E-state index in [0.717, 1.165) is 17.1 Å². The molecule has 29 heavy (non-hydrogen) atoms. The fourth-order valence-electron chi connectivity index (χ4n) is 3.06. The molecule has 9 heteroatoms. The Bertz CT molecular complexity index is 975. The Morgan fingerprint density at radius 1 is 1.28 bits per heavy atom. The van der Waals surface area contributed by atoms with Crippen molar-refractivity contribution < 1.29 is 9.84 Å². The summed E-state index contributed by atoms with van der Waals surface area (Å²) in [7, 11) is 0. The lowest BCUT2D eigenvalue weighted by Gasteiger charge is -2.09.